The second-order valence-corrected chi connectivity index (χ2v) is 4.05. The average Bonchev–Trinajstić information content (AvgIpc) is 2.37. The predicted octanol–water partition coefficient (Wildman–Crippen LogP) is 1.70. The lowest BCUT2D eigenvalue weighted by molar-refractivity contribution is 0.0509. The van der Waals surface area contributed by atoms with Crippen LogP contribution in [-0.2, 0) is 0 Å². The highest BCUT2D eigenvalue weighted by molar-refractivity contribution is 5.94. The molecule has 0 aliphatic heterocycles. The van der Waals surface area contributed by atoms with Gasteiger partial charge in [-0.15, -0.1) is 0 Å². The average molecular weight is 273 g/mol. The molecule has 0 unspecified atom stereocenters. The number of halogens is 2. The fourth-order valence-corrected chi connectivity index (χ4v) is 1.70. The first-order valence-corrected chi connectivity index (χ1v) is 5.82. The SMILES string of the molecule is COc1cc(C(=O)N(CCO)CC(F)F)ccc1C. The molecule has 1 aromatic carbocycles. The topological polar surface area (TPSA) is 49.8 Å². The van der Waals surface area contributed by atoms with Crippen LogP contribution in [0.3, 0.4) is 0 Å². The molecule has 0 aliphatic rings. The largest absolute Gasteiger partial charge is 0.496 e. The first-order valence-electron chi connectivity index (χ1n) is 5.82. The smallest absolute Gasteiger partial charge is 0.255 e. The number of hydrogen-bond acceptors (Lipinski definition) is 3. The highest BCUT2D eigenvalue weighted by atomic mass is 19.3. The van der Waals surface area contributed by atoms with Crippen LogP contribution in [-0.4, -0.2) is 49.1 Å². The van der Waals surface area contributed by atoms with E-state index >= 15 is 0 Å². The summed E-state index contributed by atoms with van der Waals surface area (Å²) >= 11 is 0. The van der Waals surface area contributed by atoms with Gasteiger partial charge in [0.15, 0.2) is 0 Å². The molecule has 1 amide bonds. The Kier molecular flexibility index (Phi) is 5.69. The Morgan fingerprint density at radius 1 is 1.47 bits per heavy atom. The minimum absolute atomic E-state index is 0.126. The lowest BCUT2D eigenvalue weighted by Crippen LogP contribution is -2.37. The zero-order valence-electron chi connectivity index (χ0n) is 10.9. The van der Waals surface area contributed by atoms with E-state index in [0.717, 1.165) is 10.5 Å². The summed E-state index contributed by atoms with van der Waals surface area (Å²) < 4.78 is 29.9. The van der Waals surface area contributed by atoms with E-state index in [1.807, 2.05) is 6.92 Å². The van der Waals surface area contributed by atoms with Crippen molar-refractivity contribution in [3.8, 4) is 5.75 Å². The minimum Gasteiger partial charge on any atom is -0.496 e. The van der Waals surface area contributed by atoms with Crippen molar-refractivity contribution in [3.63, 3.8) is 0 Å². The van der Waals surface area contributed by atoms with Crippen molar-refractivity contribution in [1.29, 1.82) is 0 Å². The number of aryl methyl sites for hydroxylation is 1. The van der Waals surface area contributed by atoms with Crippen LogP contribution in [0.15, 0.2) is 18.2 Å². The second-order valence-electron chi connectivity index (χ2n) is 4.05. The van der Waals surface area contributed by atoms with Crippen LogP contribution in [0.4, 0.5) is 8.78 Å². The summed E-state index contributed by atoms with van der Waals surface area (Å²) in [7, 11) is 1.47. The Morgan fingerprint density at radius 3 is 2.68 bits per heavy atom. The maximum absolute atomic E-state index is 12.4. The molecule has 0 aromatic heterocycles. The van der Waals surface area contributed by atoms with Crippen molar-refractivity contribution in [2.45, 2.75) is 13.3 Å². The molecule has 0 heterocycles. The molecule has 106 valence electrons. The molecule has 19 heavy (non-hydrogen) atoms. The number of methoxy groups -OCH3 is 1. The predicted molar refractivity (Wildman–Crippen MR) is 66.7 cm³/mol. The number of amides is 1. The maximum atomic E-state index is 12.4. The molecule has 0 bridgehead atoms. The summed E-state index contributed by atoms with van der Waals surface area (Å²) in [6.07, 6.45) is -2.64. The lowest BCUT2D eigenvalue weighted by atomic mass is 10.1. The van der Waals surface area contributed by atoms with Crippen LogP contribution >= 0.6 is 0 Å². The number of aliphatic hydroxyl groups is 1. The summed E-state index contributed by atoms with van der Waals surface area (Å²) in [4.78, 5) is 13.0. The van der Waals surface area contributed by atoms with Crippen molar-refractivity contribution in [2.24, 2.45) is 0 Å². The highest BCUT2D eigenvalue weighted by Crippen LogP contribution is 2.20. The van der Waals surface area contributed by atoms with E-state index in [9.17, 15) is 13.6 Å². The number of aliphatic hydroxyl groups excluding tert-OH is 1. The van der Waals surface area contributed by atoms with Gasteiger partial charge < -0.3 is 14.7 Å². The summed E-state index contributed by atoms with van der Waals surface area (Å²) in [6.45, 7) is 0.633. The summed E-state index contributed by atoms with van der Waals surface area (Å²) in [5.74, 6) is -0.0282. The van der Waals surface area contributed by atoms with Crippen LogP contribution in [0.5, 0.6) is 5.75 Å². The van der Waals surface area contributed by atoms with Crippen molar-refractivity contribution in [1.82, 2.24) is 4.90 Å². The quantitative estimate of drug-likeness (QED) is 0.858. The molecule has 0 atom stereocenters. The number of carbonyl (C=O) groups excluding carboxylic acids is 1. The first kappa shape index (κ1) is 15.4. The third-order valence-electron chi connectivity index (χ3n) is 2.67. The zero-order valence-corrected chi connectivity index (χ0v) is 10.9. The number of alkyl halides is 2. The van der Waals surface area contributed by atoms with Crippen LogP contribution in [0.1, 0.15) is 15.9 Å². The molecule has 0 radical (unpaired) electrons. The van der Waals surface area contributed by atoms with E-state index in [1.54, 1.807) is 12.1 Å². The minimum atomic E-state index is -2.64. The molecule has 0 saturated heterocycles. The number of hydrogen-bond donors (Lipinski definition) is 1. The Labute approximate surface area is 110 Å². The third kappa shape index (κ3) is 4.17. The summed E-state index contributed by atoms with van der Waals surface area (Å²) in [6, 6.07) is 4.75. The standard InChI is InChI=1S/C13H17F2NO3/c1-9-3-4-10(7-11(9)19-2)13(18)16(5-6-17)8-12(14)15/h3-4,7,12,17H,5-6,8H2,1-2H3. The van der Waals surface area contributed by atoms with Crippen LogP contribution < -0.4 is 4.74 Å². The second kappa shape index (κ2) is 7.04. The van der Waals surface area contributed by atoms with Gasteiger partial charge in [-0.3, -0.25) is 4.79 Å². The van der Waals surface area contributed by atoms with E-state index in [2.05, 4.69) is 0 Å². The summed E-state index contributed by atoms with van der Waals surface area (Å²) in [5.41, 5.74) is 1.11. The Balaban J connectivity index is 2.95. The number of ether oxygens (including phenoxy) is 1. The highest BCUT2D eigenvalue weighted by Gasteiger charge is 2.20. The van der Waals surface area contributed by atoms with E-state index in [1.165, 1.54) is 13.2 Å². The molecule has 1 aromatic rings. The fourth-order valence-electron chi connectivity index (χ4n) is 1.70. The van der Waals surface area contributed by atoms with Gasteiger partial charge in [-0.25, -0.2) is 8.78 Å². The van der Waals surface area contributed by atoms with Crippen LogP contribution in [0, 0.1) is 6.92 Å². The summed E-state index contributed by atoms with van der Waals surface area (Å²) in [5, 5.41) is 8.83. The van der Waals surface area contributed by atoms with Crippen molar-refractivity contribution >= 4 is 5.91 Å². The first-order chi connectivity index (χ1) is 8.99. The van der Waals surface area contributed by atoms with E-state index in [0.29, 0.717) is 5.75 Å². The van der Waals surface area contributed by atoms with Gasteiger partial charge >= 0.3 is 0 Å². The third-order valence-corrected chi connectivity index (χ3v) is 2.67. The van der Waals surface area contributed by atoms with Gasteiger partial charge in [0.05, 0.1) is 20.3 Å². The van der Waals surface area contributed by atoms with Crippen molar-refractivity contribution in [2.75, 3.05) is 26.8 Å². The van der Waals surface area contributed by atoms with Gasteiger partial charge in [0.25, 0.3) is 12.3 Å². The van der Waals surface area contributed by atoms with Gasteiger partial charge in [-0.2, -0.15) is 0 Å². The van der Waals surface area contributed by atoms with Gasteiger partial charge in [0.2, 0.25) is 0 Å². The Hall–Kier alpha value is -1.69. The molecule has 0 aliphatic carbocycles. The number of benzene rings is 1. The van der Waals surface area contributed by atoms with Crippen LogP contribution in [0.2, 0.25) is 0 Å². The number of rotatable bonds is 6. The van der Waals surface area contributed by atoms with E-state index in [4.69, 9.17) is 9.84 Å². The van der Waals surface area contributed by atoms with Crippen molar-refractivity contribution in [3.05, 3.63) is 29.3 Å². The molecule has 0 saturated carbocycles. The monoisotopic (exact) mass is 273 g/mol. The zero-order chi connectivity index (χ0) is 14.4. The van der Waals surface area contributed by atoms with E-state index < -0.39 is 18.9 Å². The molecule has 1 rings (SSSR count). The molecule has 6 heteroatoms. The fraction of sp³-hybridized carbons (Fsp3) is 0.462. The van der Waals surface area contributed by atoms with Crippen molar-refractivity contribution < 1.29 is 23.4 Å². The van der Waals surface area contributed by atoms with E-state index in [-0.39, 0.29) is 18.7 Å². The Bertz CT molecular complexity index is 438. The molecule has 0 spiro atoms. The maximum Gasteiger partial charge on any atom is 0.255 e. The molecular formula is C13H17F2NO3. The van der Waals surface area contributed by atoms with Gasteiger partial charge in [0, 0.05) is 12.1 Å². The number of nitrogens with zero attached hydrogens (tertiary/aromatic N) is 1. The molecular weight excluding hydrogens is 256 g/mol. The number of carbonyl (C=O) groups is 1. The van der Waals surface area contributed by atoms with Gasteiger partial charge in [-0.05, 0) is 24.6 Å². The van der Waals surface area contributed by atoms with Crippen LogP contribution in [0.25, 0.3) is 0 Å². The molecule has 0 fully saturated rings. The molecule has 1 N–H and O–H groups in total. The Morgan fingerprint density at radius 2 is 2.16 bits per heavy atom. The normalized spacial score (nSPS) is 10.6. The lowest BCUT2D eigenvalue weighted by Gasteiger charge is -2.21. The molecule has 4 nitrogen and oxygen atoms in total. The van der Waals surface area contributed by atoms with Gasteiger partial charge in [0.1, 0.15) is 5.75 Å². The van der Waals surface area contributed by atoms with Gasteiger partial charge in [-0.1, -0.05) is 6.07 Å².